The van der Waals surface area contributed by atoms with Crippen molar-refractivity contribution in [3.8, 4) is 0 Å². The quantitative estimate of drug-likeness (QED) is 0.111. The third kappa shape index (κ3) is 12.0. The van der Waals surface area contributed by atoms with Crippen LogP contribution in [0.25, 0.3) is 0 Å². The molecule has 0 fully saturated rings. The second-order valence-electron chi connectivity index (χ2n) is 12.3. The summed E-state index contributed by atoms with van der Waals surface area (Å²) in [5, 5.41) is 2.92. The molecule has 0 atom stereocenters. The van der Waals surface area contributed by atoms with Gasteiger partial charge in [0.05, 0.1) is 49.1 Å². The van der Waals surface area contributed by atoms with Crippen molar-refractivity contribution in [2.45, 2.75) is 37.5 Å². The molecule has 19 heteroatoms. The third-order valence-electron chi connectivity index (χ3n) is 8.74. The normalized spacial score (nSPS) is 11.7. The summed E-state index contributed by atoms with van der Waals surface area (Å²) in [5.74, 6) is -2.14. The third-order valence-corrected chi connectivity index (χ3v) is 11.1. The van der Waals surface area contributed by atoms with Crippen molar-refractivity contribution < 1.29 is 104 Å². The summed E-state index contributed by atoms with van der Waals surface area (Å²) in [6.07, 6.45) is 0. The molecule has 63 heavy (non-hydrogen) atoms. The van der Waals surface area contributed by atoms with Gasteiger partial charge in [-0.2, -0.15) is 0 Å². The average molecular weight is 974 g/mol. The molecule has 0 spiro atoms. The van der Waals surface area contributed by atoms with Crippen LogP contribution in [0.1, 0.15) is 91.4 Å². The van der Waals surface area contributed by atoms with Crippen LogP contribution in [0.15, 0.2) is 136 Å². The fourth-order valence-corrected chi connectivity index (χ4v) is 8.21. The van der Waals surface area contributed by atoms with Crippen molar-refractivity contribution in [1.29, 1.82) is 0 Å². The van der Waals surface area contributed by atoms with Crippen molar-refractivity contribution in [2.75, 3.05) is 22.5 Å². The molecular formula is C44H39BrN4Na2O10S2. The molecule has 0 aromatic heterocycles. The van der Waals surface area contributed by atoms with Gasteiger partial charge in [0.25, 0.3) is 0 Å². The fourth-order valence-electron chi connectivity index (χ4n) is 6.18. The Hall–Kier alpha value is -4.50. The molecule has 2 aliphatic rings. The molecule has 2 aliphatic carbocycles. The molecule has 6 aromatic carbocycles. The zero-order valence-electron chi connectivity index (χ0n) is 35.1. The van der Waals surface area contributed by atoms with E-state index in [2.05, 4.69) is 21.2 Å². The van der Waals surface area contributed by atoms with E-state index in [0.717, 1.165) is 17.8 Å². The second-order valence-corrected chi connectivity index (χ2v) is 15.9. The van der Waals surface area contributed by atoms with Crippen LogP contribution in [0.3, 0.4) is 0 Å². The molecule has 8 rings (SSSR count). The van der Waals surface area contributed by atoms with Gasteiger partial charge in [-0.25, -0.2) is 16.8 Å². The van der Waals surface area contributed by atoms with Gasteiger partial charge in [-0.3, -0.25) is 19.2 Å². The minimum absolute atomic E-state index is 0. The summed E-state index contributed by atoms with van der Waals surface area (Å²) >= 11 is 3.05. The number of nitrogens with two attached hydrogens (primary N) is 3. The van der Waals surface area contributed by atoms with Gasteiger partial charge >= 0.3 is 59.1 Å². The van der Waals surface area contributed by atoms with E-state index in [1.165, 1.54) is 24.3 Å². The van der Waals surface area contributed by atoms with E-state index in [4.69, 9.17) is 17.2 Å². The van der Waals surface area contributed by atoms with E-state index in [1.807, 2.05) is 58.0 Å². The number of hydrogen-bond acceptors (Lipinski definition) is 14. The Kier molecular flexibility index (Phi) is 20.3. The molecule has 7 N–H and O–H groups in total. The summed E-state index contributed by atoms with van der Waals surface area (Å²) < 4.78 is 69.0. The summed E-state index contributed by atoms with van der Waals surface area (Å²) in [5.41, 5.74) is 17.3. The van der Waals surface area contributed by atoms with Crippen LogP contribution in [0, 0.1) is 0 Å². The number of anilines is 5. The van der Waals surface area contributed by atoms with Crippen LogP contribution in [0.2, 0.25) is 0 Å². The minimum Gasteiger partial charge on any atom is -0.744 e. The van der Waals surface area contributed by atoms with Crippen molar-refractivity contribution in [3.63, 3.8) is 0 Å². The summed E-state index contributed by atoms with van der Waals surface area (Å²) in [7, 11) is -9.85. The summed E-state index contributed by atoms with van der Waals surface area (Å²) in [4.78, 5) is 49.7. The van der Waals surface area contributed by atoms with Crippen LogP contribution < -0.4 is 81.6 Å². The first-order chi connectivity index (χ1) is 28.9. The number of hydrogen-bond donors (Lipinski definition) is 4. The van der Waals surface area contributed by atoms with Crippen LogP contribution >= 0.6 is 15.9 Å². The van der Waals surface area contributed by atoms with E-state index < -0.39 is 64.5 Å². The standard InChI is InChI=1S/C20H14N2O5S.C14H8BrNO5S.C6H7N.2C2H6.2Na/c21-18-15(28(25,26)27)10-14(22-11-6-2-1-3-7-11)16-17(18)20(24)13-9-5-4-8-12(13)19(16)23;15-8-5-9(22(19,20)21)12(16)11-10(8)13(17)6-3-1-2-4-7(6)14(11)18;7-6-4-2-1-3-5-6;2*1-2;;/h1-10,22H,21H2,(H,25,26,27);1-5H,16H2,(H,19,20,21);1-5H,7H2;2*1-2H3;;/q;;;;;2*+1/p-2. The van der Waals surface area contributed by atoms with Crippen LogP contribution in [-0.2, 0) is 20.2 Å². The second kappa shape index (κ2) is 23.4. The number of nitrogens with one attached hydrogen (secondary N) is 1. The van der Waals surface area contributed by atoms with Crippen molar-refractivity contribution >= 4 is 87.7 Å². The first kappa shape index (κ1) is 54.6. The molecular weight excluding hydrogens is 935 g/mol. The Balaban J connectivity index is 0.000000347. The molecule has 0 saturated carbocycles. The topological polar surface area (TPSA) is 273 Å². The van der Waals surface area contributed by atoms with E-state index in [0.29, 0.717) is 5.69 Å². The first-order valence-corrected chi connectivity index (χ1v) is 22.0. The zero-order valence-corrected chi connectivity index (χ0v) is 42.3. The van der Waals surface area contributed by atoms with Gasteiger partial charge in [0.1, 0.15) is 20.2 Å². The Labute approximate surface area is 418 Å². The smallest absolute Gasteiger partial charge is 0.744 e. The number of carbonyl (C=O) groups excluding carboxylic acids is 4. The first-order valence-electron chi connectivity index (χ1n) is 18.4. The Bertz CT molecular complexity index is 2900. The van der Waals surface area contributed by atoms with E-state index in [1.54, 1.807) is 54.6 Å². The Morgan fingerprint density at radius 1 is 0.476 bits per heavy atom. The molecule has 0 heterocycles. The van der Waals surface area contributed by atoms with Gasteiger partial charge in [-0.15, -0.1) is 0 Å². The van der Waals surface area contributed by atoms with Crippen LogP contribution in [-0.4, -0.2) is 49.1 Å². The number of nitrogen functional groups attached to an aromatic ring is 3. The molecule has 0 amide bonds. The number of para-hydroxylation sites is 2. The van der Waals surface area contributed by atoms with E-state index in [9.17, 15) is 45.1 Å². The molecule has 0 bridgehead atoms. The van der Waals surface area contributed by atoms with E-state index in [-0.39, 0.29) is 114 Å². The molecule has 0 radical (unpaired) electrons. The van der Waals surface area contributed by atoms with Crippen LogP contribution in [0.5, 0.6) is 0 Å². The van der Waals surface area contributed by atoms with Gasteiger partial charge in [0.2, 0.25) is 0 Å². The van der Waals surface area contributed by atoms with Gasteiger partial charge in [-0.1, -0.05) is 113 Å². The fraction of sp³-hybridized carbons (Fsp3) is 0.0909. The van der Waals surface area contributed by atoms with Crippen molar-refractivity contribution in [3.05, 3.63) is 170 Å². The number of carbonyl (C=O) groups is 4. The van der Waals surface area contributed by atoms with E-state index >= 15 is 0 Å². The average Bonchev–Trinajstić information content (AvgIpc) is 3.25. The van der Waals surface area contributed by atoms with Crippen molar-refractivity contribution in [2.24, 2.45) is 0 Å². The Morgan fingerprint density at radius 3 is 1.16 bits per heavy atom. The summed E-state index contributed by atoms with van der Waals surface area (Å²) in [6.45, 7) is 8.00. The number of rotatable bonds is 4. The maximum absolute atomic E-state index is 13.1. The van der Waals surface area contributed by atoms with Gasteiger partial charge < -0.3 is 31.6 Å². The molecule has 316 valence electrons. The summed E-state index contributed by atoms with van der Waals surface area (Å²) in [6, 6.07) is 32.4. The largest absolute Gasteiger partial charge is 1.00 e. The van der Waals surface area contributed by atoms with Gasteiger partial charge in [-0.05, 0) is 52.3 Å². The monoisotopic (exact) mass is 972 g/mol. The number of halogens is 1. The molecule has 0 unspecified atom stereocenters. The molecule has 14 nitrogen and oxygen atoms in total. The van der Waals surface area contributed by atoms with Gasteiger partial charge in [0.15, 0.2) is 23.1 Å². The maximum Gasteiger partial charge on any atom is 1.00 e. The predicted molar refractivity (Wildman–Crippen MR) is 235 cm³/mol. The molecule has 6 aromatic rings. The number of fused-ring (bicyclic) bond motifs is 4. The van der Waals surface area contributed by atoms with Crippen LogP contribution in [0.4, 0.5) is 28.4 Å². The van der Waals surface area contributed by atoms with Gasteiger partial charge in [0, 0.05) is 38.1 Å². The number of ketones is 4. The Morgan fingerprint density at radius 2 is 0.794 bits per heavy atom. The zero-order chi connectivity index (χ0) is 45.4. The molecule has 0 aliphatic heterocycles. The predicted octanol–water partition coefficient (Wildman–Crippen LogP) is 1.73. The SMILES string of the molecule is CC.CC.Nc1c(S(=O)(=O)[O-])cc(Br)c2c1C(=O)c1ccccc1C2=O.Nc1c(S(=O)(=O)[O-])cc(Nc2ccccc2)c2c1C(=O)c1ccccc1C2=O.Nc1ccccc1.[Na+].[Na+]. The molecule has 0 saturated heterocycles. The van der Waals surface area contributed by atoms with Crippen molar-refractivity contribution in [1.82, 2.24) is 0 Å². The minimum atomic E-state index is -4.98. The number of benzene rings is 6. The maximum atomic E-state index is 13.1.